The minimum absolute atomic E-state index is 0.397. The monoisotopic (exact) mass is 456 g/mol. The highest BCUT2D eigenvalue weighted by molar-refractivity contribution is 6.30. The number of nitrogens with zero attached hydrogens (tertiary/aromatic N) is 1. The third-order valence-electron chi connectivity index (χ3n) is 6.77. The van der Waals surface area contributed by atoms with Gasteiger partial charge in [-0.15, -0.1) is 0 Å². The average molecular weight is 457 g/mol. The van der Waals surface area contributed by atoms with E-state index in [-0.39, 0.29) is 0 Å². The summed E-state index contributed by atoms with van der Waals surface area (Å²) in [5.74, 6) is -0.234. The first-order chi connectivity index (χ1) is 15.4. The van der Waals surface area contributed by atoms with Gasteiger partial charge in [-0.2, -0.15) is 0 Å². The lowest BCUT2D eigenvalue weighted by Gasteiger charge is -2.41. The SMILES string of the molecule is CC(C)CN(c1ccc(C2(C(=O)O)CCC2)cc1Nc1cccc(Cl)c1)C1CCOCC1. The van der Waals surface area contributed by atoms with E-state index in [1.165, 1.54) is 0 Å². The smallest absolute Gasteiger partial charge is 0.314 e. The molecule has 1 aliphatic carbocycles. The molecule has 6 heteroatoms. The van der Waals surface area contributed by atoms with Crippen molar-refractivity contribution in [2.75, 3.05) is 30.0 Å². The number of rotatable bonds is 8. The Labute approximate surface area is 195 Å². The van der Waals surface area contributed by atoms with Crippen LogP contribution in [0.2, 0.25) is 5.02 Å². The average Bonchev–Trinajstić information content (AvgIpc) is 2.72. The van der Waals surface area contributed by atoms with E-state index >= 15 is 0 Å². The fourth-order valence-corrected chi connectivity index (χ4v) is 5.09. The van der Waals surface area contributed by atoms with Crippen molar-refractivity contribution < 1.29 is 14.6 Å². The first-order valence-electron chi connectivity index (χ1n) is 11.6. The molecule has 32 heavy (non-hydrogen) atoms. The predicted octanol–water partition coefficient (Wildman–Crippen LogP) is 6.23. The van der Waals surface area contributed by atoms with Crippen molar-refractivity contribution >= 4 is 34.6 Å². The van der Waals surface area contributed by atoms with Gasteiger partial charge in [0.05, 0.1) is 16.8 Å². The summed E-state index contributed by atoms with van der Waals surface area (Å²) < 4.78 is 5.62. The van der Waals surface area contributed by atoms with E-state index < -0.39 is 11.4 Å². The number of carbonyl (C=O) groups is 1. The third kappa shape index (κ3) is 4.74. The van der Waals surface area contributed by atoms with E-state index in [0.29, 0.717) is 29.8 Å². The van der Waals surface area contributed by atoms with Gasteiger partial charge in [0.15, 0.2) is 0 Å². The van der Waals surface area contributed by atoms with E-state index in [4.69, 9.17) is 16.3 Å². The molecule has 1 saturated carbocycles. The fraction of sp³-hybridized carbons (Fsp3) is 0.500. The summed E-state index contributed by atoms with van der Waals surface area (Å²) in [6.07, 6.45) is 4.31. The van der Waals surface area contributed by atoms with Gasteiger partial charge in [0, 0.05) is 36.5 Å². The van der Waals surface area contributed by atoms with Crippen molar-refractivity contribution in [1.82, 2.24) is 0 Å². The Morgan fingerprint density at radius 2 is 1.97 bits per heavy atom. The number of nitrogens with one attached hydrogen (secondary N) is 1. The highest BCUT2D eigenvalue weighted by Crippen LogP contribution is 2.46. The van der Waals surface area contributed by atoms with E-state index in [2.05, 4.69) is 36.2 Å². The number of hydrogen-bond donors (Lipinski definition) is 2. The van der Waals surface area contributed by atoms with Crippen LogP contribution in [0.15, 0.2) is 42.5 Å². The molecule has 1 heterocycles. The molecule has 0 unspecified atom stereocenters. The molecule has 2 fully saturated rings. The quantitative estimate of drug-likeness (QED) is 0.492. The molecule has 0 atom stereocenters. The van der Waals surface area contributed by atoms with Crippen LogP contribution in [0.4, 0.5) is 17.1 Å². The summed E-state index contributed by atoms with van der Waals surface area (Å²) in [5, 5.41) is 14.2. The number of ether oxygens (including phenoxy) is 1. The number of carboxylic acid groups (broad SMARTS) is 1. The number of halogens is 1. The van der Waals surface area contributed by atoms with Crippen LogP contribution < -0.4 is 10.2 Å². The van der Waals surface area contributed by atoms with Crippen LogP contribution in [0.5, 0.6) is 0 Å². The molecule has 0 spiro atoms. The lowest BCUT2D eigenvalue weighted by molar-refractivity contribution is -0.147. The predicted molar refractivity (Wildman–Crippen MR) is 130 cm³/mol. The number of benzene rings is 2. The molecule has 172 valence electrons. The maximum Gasteiger partial charge on any atom is 0.314 e. The van der Waals surface area contributed by atoms with Crippen LogP contribution in [0.25, 0.3) is 0 Å². The van der Waals surface area contributed by atoms with Crippen molar-refractivity contribution in [1.29, 1.82) is 0 Å². The molecule has 2 aromatic carbocycles. The Balaban J connectivity index is 1.77. The number of carboxylic acids is 1. The lowest BCUT2D eigenvalue weighted by Crippen LogP contribution is -2.43. The van der Waals surface area contributed by atoms with E-state index in [1.54, 1.807) is 0 Å². The van der Waals surface area contributed by atoms with E-state index in [1.807, 2.05) is 30.3 Å². The molecule has 2 aliphatic rings. The van der Waals surface area contributed by atoms with Gasteiger partial charge in [0.25, 0.3) is 0 Å². The molecule has 1 aliphatic heterocycles. The van der Waals surface area contributed by atoms with Crippen LogP contribution in [0, 0.1) is 5.92 Å². The molecule has 0 amide bonds. The van der Waals surface area contributed by atoms with Gasteiger partial charge in [-0.25, -0.2) is 0 Å². The molecule has 0 aromatic heterocycles. The Kier molecular flexibility index (Phi) is 6.96. The highest BCUT2D eigenvalue weighted by Gasteiger charge is 2.46. The van der Waals surface area contributed by atoms with Crippen molar-refractivity contribution in [3.05, 3.63) is 53.1 Å². The van der Waals surface area contributed by atoms with E-state index in [9.17, 15) is 9.90 Å². The van der Waals surface area contributed by atoms with Gasteiger partial charge in [-0.3, -0.25) is 4.79 Å². The zero-order valence-electron chi connectivity index (χ0n) is 18.9. The second kappa shape index (κ2) is 9.72. The molecule has 2 aromatic rings. The number of anilines is 3. The van der Waals surface area contributed by atoms with Crippen LogP contribution in [-0.2, 0) is 14.9 Å². The zero-order valence-corrected chi connectivity index (χ0v) is 19.7. The van der Waals surface area contributed by atoms with Crippen LogP contribution in [0.3, 0.4) is 0 Å². The summed E-state index contributed by atoms with van der Waals surface area (Å²) in [7, 11) is 0. The minimum Gasteiger partial charge on any atom is -0.481 e. The standard InChI is InChI=1S/C26H33ClN2O3/c1-18(2)17-29(22-9-13-32-14-10-22)24-8-7-19(26(25(30)31)11-4-12-26)15-23(24)28-21-6-3-5-20(27)16-21/h3,5-8,15-16,18,22,28H,4,9-14,17H2,1-2H3,(H,30,31). The van der Waals surface area contributed by atoms with Gasteiger partial charge < -0.3 is 20.1 Å². The topological polar surface area (TPSA) is 61.8 Å². The fourth-order valence-electron chi connectivity index (χ4n) is 4.90. The minimum atomic E-state index is -0.773. The Bertz CT molecular complexity index is 952. The number of aliphatic carboxylic acids is 1. The van der Waals surface area contributed by atoms with E-state index in [0.717, 1.165) is 61.6 Å². The lowest BCUT2D eigenvalue weighted by atomic mass is 9.64. The van der Waals surface area contributed by atoms with Gasteiger partial charge in [0.1, 0.15) is 0 Å². The summed E-state index contributed by atoms with van der Waals surface area (Å²) in [5.41, 5.74) is 3.04. The van der Waals surface area contributed by atoms with Crippen molar-refractivity contribution in [3.63, 3.8) is 0 Å². The Hall–Kier alpha value is -2.24. The number of hydrogen-bond acceptors (Lipinski definition) is 4. The van der Waals surface area contributed by atoms with Crippen LogP contribution >= 0.6 is 11.6 Å². The van der Waals surface area contributed by atoms with Crippen LogP contribution in [-0.4, -0.2) is 36.9 Å². The molecular weight excluding hydrogens is 424 g/mol. The van der Waals surface area contributed by atoms with Gasteiger partial charge >= 0.3 is 5.97 Å². The first kappa shape index (κ1) is 22.9. The molecule has 1 saturated heterocycles. The van der Waals surface area contributed by atoms with Crippen molar-refractivity contribution in [2.24, 2.45) is 5.92 Å². The van der Waals surface area contributed by atoms with Crippen molar-refractivity contribution in [3.8, 4) is 0 Å². The maximum atomic E-state index is 12.2. The molecule has 0 radical (unpaired) electrons. The summed E-state index contributed by atoms with van der Waals surface area (Å²) >= 11 is 6.24. The van der Waals surface area contributed by atoms with Gasteiger partial charge in [-0.1, -0.05) is 44.0 Å². The van der Waals surface area contributed by atoms with Crippen molar-refractivity contribution in [2.45, 2.75) is 57.4 Å². The second-order valence-electron chi connectivity index (χ2n) is 9.50. The largest absolute Gasteiger partial charge is 0.481 e. The Morgan fingerprint density at radius 3 is 2.56 bits per heavy atom. The second-order valence-corrected chi connectivity index (χ2v) is 9.93. The van der Waals surface area contributed by atoms with Gasteiger partial charge in [0.2, 0.25) is 0 Å². The molecule has 5 nitrogen and oxygen atoms in total. The molecule has 2 N–H and O–H groups in total. The van der Waals surface area contributed by atoms with Gasteiger partial charge in [-0.05, 0) is 67.5 Å². The molecule has 4 rings (SSSR count). The molecular formula is C26H33ClN2O3. The van der Waals surface area contributed by atoms with Crippen LogP contribution in [0.1, 0.15) is 51.5 Å². The Morgan fingerprint density at radius 1 is 1.22 bits per heavy atom. The summed E-state index contributed by atoms with van der Waals surface area (Å²) in [6, 6.07) is 14.2. The third-order valence-corrected chi connectivity index (χ3v) is 7.01. The maximum absolute atomic E-state index is 12.2. The summed E-state index contributed by atoms with van der Waals surface area (Å²) in [6.45, 7) is 6.95. The zero-order chi connectivity index (χ0) is 22.7. The molecule has 0 bridgehead atoms. The first-order valence-corrected chi connectivity index (χ1v) is 12.0. The normalized spacial score (nSPS) is 18.2. The highest BCUT2D eigenvalue weighted by atomic mass is 35.5. The summed E-state index contributed by atoms with van der Waals surface area (Å²) in [4.78, 5) is 14.7.